The highest BCUT2D eigenvalue weighted by Crippen LogP contribution is 2.27. The standard InChI is InChI=1S/C22H32N6O/c1-15-6-9-27(10-7-15)22-23-13-19-12-18(4-5-20(19)25-22)21(29)24-17(3)14-28-11-8-16(2)26-28/h8,11,13,15,17-18H,4-7,9-10,12,14H2,1-3H3,(H,24,29)/t17-,18-/m1/s1. The molecule has 4 rings (SSSR count). The summed E-state index contributed by atoms with van der Waals surface area (Å²) in [6.45, 7) is 9.08. The summed E-state index contributed by atoms with van der Waals surface area (Å²) in [5.41, 5.74) is 3.24. The molecular formula is C22H32N6O. The minimum absolute atomic E-state index is 0.00501. The molecule has 2 aromatic heterocycles. The van der Waals surface area contributed by atoms with E-state index in [0.717, 1.165) is 61.2 Å². The third-order valence-corrected chi connectivity index (χ3v) is 6.20. The number of hydrogen-bond acceptors (Lipinski definition) is 5. The summed E-state index contributed by atoms with van der Waals surface area (Å²) in [5.74, 6) is 1.78. The average molecular weight is 397 g/mol. The fourth-order valence-corrected chi connectivity index (χ4v) is 4.33. The van der Waals surface area contributed by atoms with Crippen LogP contribution in [0.2, 0.25) is 0 Å². The van der Waals surface area contributed by atoms with E-state index in [4.69, 9.17) is 4.98 Å². The molecule has 2 aliphatic rings. The first kappa shape index (κ1) is 19.9. The second kappa shape index (κ2) is 8.51. The fraction of sp³-hybridized carbons (Fsp3) is 0.636. The lowest BCUT2D eigenvalue weighted by Gasteiger charge is -2.31. The van der Waals surface area contributed by atoms with Gasteiger partial charge < -0.3 is 10.2 Å². The molecule has 3 heterocycles. The molecule has 0 spiro atoms. The van der Waals surface area contributed by atoms with Crippen molar-refractivity contribution in [2.24, 2.45) is 11.8 Å². The van der Waals surface area contributed by atoms with Gasteiger partial charge in [0.2, 0.25) is 11.9 Å². The number of amides is 1. The van der Waals surface area contributed by atoms with Crippen LogP contribution < -0.4 is 10.2 Å². The number of anilines is 1. The van der Waals surface area contributed by atoms with Gasteiger partial charge in [0.1, 0.15) is 0 Å². The second-order valence-corrected chi connectivity index (χ2v) is 8.84. The topological polar surface area (TPSA) is 75.9 Å². The summed E-state index contributed by atoms with van der Waals surface area (Å²) in [5, 5.41) is 7.55. The van der Waals surface area contributed by atoms with Crippen LogP contribution in [0.3, 0.4) is 0 Å². The summed E-state index contributed by atoms with van der Waals surface area (Å²) in [6, 6.07) is 2.02. The molecule has 7 heteroatoms. The monoisotopic (exact) mass is 396 g/mol. The van der Waals surface area contributed by atoms with E-state index in [0.29, 0.717) is 6.54 Å². The van der Waals surface area contributed by atoms with Crippen LogP contribution in [-0.4, -0.2) is 44.8 Å². The van der Waals surface area contributed by atoms with Crippen LogP contribution >= 0.6 is 0 Å². The van der Waals surface area contributed by atoms with Crippen LogP contribution in [0.15, 0.2) is 18.5 Å². The van der Waals surface area contributed by atoms with Gasteiger partial charge in [-0.05, 0) is 63.5 Å². The Morgan fingerprint density at radius 2 is 2.10 bits per heavy atom. The van der Waals surface area contributed by atoms with Crippen molar-refractivity contribution in [1.29, 1.82) is 0 Å². The molecule has 0 bridgehead atoms. The summed E-state index contributed by atoms with van der Waals surface area (Å²) in [7, 11) is 0. The molecule has 2 atom stereocenters. The molecule has 156 valence electrons. The third-order valence-electron chi connectivity index (χ3n) is 6.20. The average Bonchev–Trinajstić information content (AvgIpc) is 3.12. The molecule has 1 N–H and O–H groups in total. The van der Waals surface area contributed by atoms with Crippen molar-refractivity contribution in [2.75, 3.05) is 18.0 Å². The summed E-state index contributed by atoms with van der Waals surface area (Å²) < 4.78 is 1.88. The van der Waals surface area contributed by atoms with Crippen LogP contribution in [0.25, 0.3) is 0 Å². The van der Waals surface area contributed by atoms with E-state index in [9.17, 15) is 4.79 Å². The molecule has 2 aromatic rings. The van der Waals surface area contributed by atoms with E-state index >= 15 is 0 Å². The molecule has 1 fully saturated rings. The van der Waals surface area contributed by atoms with Crippen LogP contribution in [0.5, 0.6) is 0 Å². The molecule has 1 saturated heterocycles. The van der Waals surface area contributed by atoms with Gasteiger partial charge >= 0.3 is 0 Å². The van der Waals surface area contributed by atoms with Gasteiger partial charge in [-0.3, -0.25) is 9.48 Å². The maximum absolute atomic E-state index is 12.8. The van der Waals surface area contributed by atoms with Gasteiger partial charge in [-0.1, -0.05) is 6.92 Å². The van der Waals surface area contributed by atoms with Gasteiger partial charge in [-0.15, -0.1) is 0 Å². The van der Waals surface area contributed by atoms with Gasteiger partial charge in [0.15, 0.2) is 0 Å². The molecule has 1 amide bonds. The summed E-state index contributed by atoms with van der Waals surface area (Å²) in [4.78, 5) is 24.5. The Balaban J connectivity index is 1.34. The molecular weight excluding hydrogens is 364 g/mol. The number of aryl methyl sites for hydroxylation is 2. The van der Waals surface area contributed by atoms with Crippen LogP contribution in [-0.2, 0) is 24.2 Å². The molecule has 0 unspecified atom stereocenters. The second-order valence-electron chi connectivity index (χ2n) is 8.84. The quantitative estimate of drug-likeness (QED) is 0.840. The number of nitrogens with one attached hydrogen (secondary N) is 1. The molecule has 29 heavy (non-hydrogen) atoms. The number of carbonyl (C=O) groups is 1. The number of fused-ring (bicyclic) bond motifs is 1. The minimum Gasteiger partial charge on any atom is -0.352 e. The zero-order valence-electron chi connectivity index (χ0n) is 17.8. The van der Waals surface area contributed by atoms with Gasteiger partial charge in [-0.25, -0.2) is 9.97 Å². The zero-order valence-corrected chi connectivity index (χ0v) is 17.8. The van der Waals surface area contributed by atoms with Gasteiger partial charge in [0, 0.05) is 43.1 Å². The largest absolute Gasteiger partial charge is 0.352 e. The van der Waals surface area contributed by atoms with E-state index in [1.165, 1.54) is 12.8 Å². The van der Waals surface area contributed by atoms with Crippen molar-refractivity contribution < 1.29 is 4.79 Å². The highest BCUT2D eigenvalue weighted by Gasteiger charge is 2.28. The Bertz CT molecular complexity index is 855. The summed E-state index contributed by atoms with van der Waals surface area (Å²) >= 11 is 0. The Kier molecular flexibility index (Phi) is 5.83. The van der Waals surface area contributed by atoms with Crippen molar-refractivity contribution in [3.8, 4) is 0 Å². The smallest absolute Gasteiger partial charge is 0.225 e. The number of nitrogens with zero attached hydrogens (tertiary/aromatic N) is 5. The first-order chi connectivity index (χ1) is 14.0. The number of piperidine rings is 1. The van der Waals surface area contributed by atoms with Gasteiger partial charge in [0.05, 0.1) is 12.2 Å². The van der Waals surface area contributed by atoms with Crippen LogP contribution in [0.1, 0.15) is 50.1 Å². The Morgan fingerprint density at radius 1 is 1.31 bits per heavy atom. The Hall–Kier alpha value is -2.44. The molecule has 1 aliphatic heterocycles. The van der Waals surface area contributed by atoms with Crippen molar-refractivity contribution in [1.82, 2.24) is 25.1 Å². The zero-order chi connectivity index (χ0) is 20.4. The molecule has 1 aliphatic carbocycles. The lowest BCUT2D eigenvalue weighted by molar-refractivity contribution is -0.126. The highest BCUT2D eigenvalue weighted by molar-refractivity contribution is 5.79. The first-order valence-electron chi connectivity index (χ1n) is 10.9. The molecule has 7 nitrogen and oxygen atoms in total. The van der Waals surface area contributed by atoms with Gasteiger partial charge in [0.25, 0.3) is 0 Å². The minimum atomic E-state index is -0.00501. The third kappa shape index (κ3) is 4.77. The van der Waals surface area contributed by atoms with E-state index in [1.807, 2.05) is 37.0 Å². The predicted octanol–water partition coefficient (Wildman–Crippen LogP) is 2.53. The number of hydrogen-bond donors (Lipinski definition) is 1. The SMILES string of the molecule is Cc1ccn(C[C@@H](C)NC(=O)[C@@H]2CCc3nc(N4CCC(C)CC4)ncc3C2)n1. The first-order valence-corrected chi connectivity index (χ1v) is 10.9. The fourth-order valence-electron chi connectivity index (χ4n) is 4.33. The van der Waals surface area contributed by atoms with Crippen molar-refractivity contribution in [3.63, 3.8) is 0 Å². The number of carbonyl (C=O) groups excluding carboxylic acids is 1. The van der Waals surface area contributed by atoms with Crippen molar-refractivity contribution >= 4 is 11.9 Å². The highest BCUT2D eigenvalue weighted by atomic mass is 16.1. The predicted molar refractivity (Wildman–Crippen MR) is 113 cm³/mol. The Labute approximate surface area is 172 Å². The van der Waals surface area contributed by atoms with Gasteiger partial charge in [-0.2, -0.15) is 5.10 Å². The summed E-state index contributed by atoms with van der Waals surface area (Å²) in [6.07, 6.45) is 8.74. The van der Waals surface area contributed by atoms with E-state index < -0.39 is 0 Å². The van der Waals surface area contributed by atoms with Crippen LogP contribution in [0, 0.1) is 18.8 Å². The molecule has 0 aromatic carbocycles. The van der Waals surface area contributed by atoms with Crippen LogP contribution in [0.4, 0.5) is 5.95 Å². The number of rotatable bonds is 5. The van der Waals surface area contributed by atoms with E-state index in [2.05, 4.69) is 27.2 Å². The van der Waals surface area contributed by atoms with Crippen molar-refractivity contribution in [2.45, 2.75) is 65.5 Å². The maximum Gasteiger partial charge on any atom is 0.225 e. The maximum atomic E-state index is 12.8. The molecule has 0 radical (unpaired) electrons. The Morgan fingerprint density at radius 3 is 2.83 bits per heavy atom. The lowest BCUT2D eigenvalue weighted by atomic mass is 9.86. The molecule has 0 saturated carbocycles. The van der Waals surface area contributed by atoms with Crippen molar-refractivity contribution in [3.05, 3.63) is 35.4 Å². The van der Waals surface area contributed by atoms with E-state index in [-0.39, 0.29) is 17.9 Å². The lowest BCUT2D eigenvalue weighted by Crippen LogP contribution is -2.41. The number of aromatic nitrogens is 4. The normalized spacial score (nSPS) is 20.9. The van der Waals surface area contributed by atoms with E-state index in [1.54, 1.807) is 0 Å².